The van der Waals surface area contributed by atoms with Crippen molar-refractivity contribution < 1.29 is 9.18 Å². The molecule has 0 aliphatic heterocycles. The third-order valence-electron chi connectivity index (χ3n) is 2.71. The summed E-state index contributed by atoms with van der Waals surface area (Å²) >= 11 is 12.8. The topological polar surface area (TPSA) is 41.1 Å². The van der Waals surface area contributed by atoms with E-state index in [0.29, 0.717) is 5.02 Å². The Hall–Kier alpha value is -1.51. The van der Waals surface area contributed by atoms with Gasteiger partial charge in [0.25, 0.3) is 0 Å². The molecule has 0 atom stereocenters. The Kier molecular flexibility index (Phi) is 6.49. The molecular formula is C16H11ClFIN2OS. The first-order valence-corrected chi connectivity index (χ1v) is 8.31. The zero-order valence-corrected chi connectivity index (χ0v) is 15.4. The fourth-order valence-electron chi connectivity index (χ4n) is 1.64. The molecule has 0 saturated carbocycles. The Morgan fingerprint density at radius 2 is 1.91 bits per heavy atom. The molecule has 0 saturated heterocycles. The van der Waals surface area contributed by atoms with Crippen LogP contribution in [0.2, 0.25) is 5.02 Å². The van der Waals surface area contributed by atoms with Crippen molar-refractivity contribution in [3.8, 4) is 0 Å². The molecule has 2 rings (SSSR count). The molecule has 2 aromatic rings. The summed E-state index contributed by atoms with van der Waals surface area (Å²) in [5, 5.41) is 5.74. The van der Waals surface area contributed by atoms with Crippen LogP contribution in [-0.4, -0.2) is 11.0 Å². The molecule has 0 aliphatic rings. The van der Waals surface area contributed by atoms with Crippen LogP contribution in [0.4, 0.5) is 10.1 Å². The molecule has 0 fully saturated rings. The number of hydrogen-bond acceptors (Lipinski definition) is 2. The highest BCUT2D eigenvalue weighted by molar-refractivity contribution is 14.1. The van der Waals surface area contributed by atoms with E-state index >= 15 is 0 Å². The van der Waals surface area contributed by atoms with E-state index in [-0.39, 0.29) is 10.8 Å². The van der Waals surface area contributed by atoms with E-state index < -0.39 is 11.7 Å². The van der Waals surface area contributed by atoms with Gasteiger partial charge in [-0.15, -0.1) is 0 Å². The van der Waals surface area contributed by atoms with Crippen molar-refractivity contribution in [3.63, 3.8) is 0 Å². The van der Waals surface area contributed by atoms with E-state index in [1.807, 2.05) is 22.6 Å². The molecule has 2 N–H and O–H groups in total. The summed E-state index contributed by atoms with van der Waals surface area (Å²) in [5.74, 6) is -0.853. The molecule has 23 heavy (non-hydrogen) atoms. The Labute approximate surface area is 157 Å². The minimum absolute atomic E-state index is 0.0239. The summed E-state index contributed by atoms with van der Waals surface area (Å²) in [6, 6.07) is 11.7. The number of anilines is 1. The number of hydrogen-bond donors (Lipinski definition) is 2. The van der Waals surface area contributed by atoms with Crippen molar-refractivity contribution in [2.45, 2.75) is 0 Å². The molecule has 0 spiro atoms. The van der Waals surface area contributed by atoms with Gasteiger partial charge in [0, 0.05) is 14.7 Å². The lowest BCUT2D eigenvalue weighted by atomic mass is 10.2. The van der Waals surface area contributed by atoms with Gasteiger partial charge in [-0.05, 0) is 76.8 Å². The lowest BCUT2D eigenvalue weighted by molar-refractivity contribution is -0.115. The van der Waals surface area contributed by atoms with Crippen LogP contribution in [0.5, 0.6) is 0 Å². The van der Waals surface area contributed by atoms with E-state index in [9.17, 15) is 9.18 Å². The predicted molar refractivity (Wildman–Crippen MR) is 104 cm³/mol. The van der Waals surface area contributed by atoms with E-state index in [1.54, 1.807) is 42.5 Å². The largest absolute Gasteiger partial charge is 0.330 e. The summed E-state index contributed by atoms with van der Waals surface area (Å²) < 4.78 is 14.5. The van der Waals surface area contributed by atoms with Crippen molar-refractivity contribution >= 4 is 69.2 Å². The van der Waals surface area contributed by atoms with Gasteiger partial charge < -0.3 is 5.32 Å². The second kappa shape index (κ2) is 8.37. The Bertz CT molecular complexity index is 765. The Morgan fingerprint density at radius 3 is 2.57 bits per heavy atom. The first kappa shape index (κ1) is 17.8. The average molecular weight is 461 g/mol. The highest BCUT2D eigenvalue weighted by Gasteiger charge is 2.06. The monoisotopic (exact) mass is 460 g/mol. The molecule has 118 valence electrons. The van der Waals surface area contributed by atoms with Crippen LogP contribution in [0.3, 0.4) is 0 Å². The van der Waals surface area contributed by atoms with Crippen molar-refractivity contribution in [2.24, 2.45) is 0 Å². The smallest absolute Gasteiger partial charge is 0.250 e. The molecule has 0 unspecified atom stereocenters. The number of thiocarbonyl (C=S) groups is 1. The maximum absolute atomic E-state index is 13.7. The molecule has 2 aromatic carbocycles. The number of benzene rings is 2. The summed E-state index contributed by atoms with van der Waals surface area (Å²) in [5.41, 5.74) is 1.03. The number of amides is 1. The van der Waals surface area contributed by atoms with Crippen molar-refractivity contribution in [1.29, 1.82) is 0 Å². The lowest BCUT2D eigenvalue weighted by Gasteiger charge is -2.09. The minimum Gasteiger partial charge on any atom is -0.330 e. The molecule has 0 aromatic heterocycles. The molecule has 0 radical (unpaired) electrons. The summed E-state index contributed by atoms with van der Waals surface area (Å²) in [6.07, 6.45) is 2.96. The molecule has 0 aliphatic carbocycles. The van der Waals surface area contributed by atoms with Gasteiger partial charge in [-0.25, -0.2) is 4.39 Å². The fraction of sp³-hybridized carbons (Fsp3) is 0. The van der Waals surface area contributed by atoms with Crippen LogP contribution in [0.1, 0.15) is 5.56 Å². The summed E-state index contributed by atoms with van der Waals surface area (Å²) in [7, 11) is 0. The standard InChI is InChI=1S/C16H11ClFIN2OS/c17-11-4-1-10(2-5-11)3-8-15(22)21-16(23)20-14-7-6-12(19)9-13(14)18/h1-9H,(H2,20,21,22,23)/b8-3+. The van der Waals surface area contributed by atoms with Gasteiger partial charge in [0.2, 0.25) is 5.91 Å². The van der Waals surface area contributed by atoms with Gasteiger partial charge in [0.15, 0.2) is 5.11 Å². The van der Waals surface area contributed by atoms with Gasteiger partial charge in [-0.1, -0.05) is 23.7 Å². The van der Waals surface area contributed by atoms with Gasteiger partial charge in [0.1, 0.15) is 5.82 Å². The third-order valence-corrected chi connectivity index (χ3v) is 3.84. The number of nitrogens with one attached hydrogen (secondary N) is 2. The van der Waals surface area contributed by atoms with Crippen molar-refractivity contribution in [2.75, 3.05) is 5.32 Å². The van der Waals surface area contributed by atoms with E-state index in [1.165, 1.54) is 12.1 Å². The van der Waals surface area contributed by atoms with E-state index in [0.717, 1.165) is 9.13 Å². The maximum Gasteiger partial charge on any atom is 0.250 e. The SMILES string of the molecule is O=C(/C=C/c1ccc(Cl)cc1)NC(=S)Nc1ccc(I)cc1F. The van der Waals surface area contributed by atoms with Gasteiger partial charge >= 0.3 is 0 Å². The number of rotatable bonds is 3. The van der Waals surface area contributed by atoms with Crippen LogP contribution >= 0.6 is 46.4 Å². The summed E-state index contributed by atoms with van der Waals surface area (Å²) in [4.78, 5) is 11.8. The molecule has 0 heterocycles. The Balaban J connectivity index is 1.91. The Morgan fingerprint density at radius 1 is 1.22 bits per heavy atom. The quantitative estimate of drug-likeness (QED) is 0.399. The second-order valence-electron chi connectivity index (χ2n) is 4.45. The zero-order chi connectivity index (χ0) is 16.8. The minimum atomic E-state index is -0.440. The fourth-order valence-corrected chi connectivity index (χ4v) is 2.43. The number of halogens is 3. The van der Waals surface area contributed by atoms with Gasteiger partial charge in [0.05, 0.1) is 5.69 Å². The molecule has 3 nitrogen and oxygen atoms in total. The highest BCUT2D eigenvalue weighted by Crippen LogP contribution is 2.16. The van der Waals surface area contributed by atoms with Crippen LogP contribution in [0.15, 0.2) is 48.5 Å². The highest BCUT2D eigenvalue weighted by atomic mass is 127. The average Bonchev–Trinajstić information content (AvgIpc) is 2.49. The summed E-state index contributed by atoms with van der Waals surface area (Å²) in [6.45, 7) is 0. The van der Waals surface area contributed by atoms with Gasteiger partial charge in [-0.2, -0.15) is 0 Å². The third kappa shape index (κ3) is 5.89. The van der Waals surface area contributed by atoms with Crippen LogP contribution in [-0.2, 0) is 4.79 Å². The number of carbonyl (C=O) groups is 1. The zero-order valence-electron chi connectivity index (χ0n) is 11.6. The van der Waals surface area contributed by atoms with Gasteiger partial charge in [-0.3, -0.25) is 10.1 Å². The van der Waals surface area contributed by atoms with Crippen LogP contribution < -0.4 is 10.6 Å². The first-order chi connectivity index (χ1) is 10.9. The molecule has 0 bridgehead atoms. The van der Waals surface area contributed by atoms with Crippen molar-refractivity contribution in [3.05, 3.63) is 68.5 Å². The van der Waals surface area contributed by atoms with E-state index in [2.05, 4.69) is 10.6 Å². The molecule has 7 heteroatoms. The lowest BCUT2D eigenvalue weighted by Crippen LogP contribution is -2.33. The normalized spacial score (nSPS) is 10.6. The molecular weight excluding hydrogens is 450 g/mol. The van der Waals surface area contributed by atoms with E-state index in [4.69, 9.17) is 23.8 Å². The first-order valence-electron chi connectivity index (χ1n) is 6.45. The van der Waals surface area contributed by atoms with Crippen LogP contribution in [0, 0.1) is 9.39 Å². The molecule has 1 amide bonds. The van der Waals surface area contributed by atoms with Crippen molar-refractivity contribution in [1.82, 2.24) is 5.32 Å². The van der Waals surface area contributed by atoms with Crippen LogP contribution in [0.25, 0.3) is 6.08 Å². The predicted octanol–water partition coefficient (Wildman–Crippen LogP) is 4.61. The number of carbonyl (C=O) groups excluding carboxylic acids is 1. The maximum atomic E-state index is 13.7. The second-order valence-corrected chi connectivity index (χ2v) is 6.54.